The number of hydrogen-bond acceptors (Lipinski definition) is 4. The lowest BCUT2D eigenvalue weighted by molar-refractivity contribution is -0.113. The number of amides is 1. The molecule has 0 aromatic heterocycles. The van der Waals surface area contributed by atoms with Gasteiger partial charge < -0.3 is 5.11 Å². The minimum Gasteiger partial charge on any atom is -0.478 e. The lowest BCUT2D eigenvalue weighted by Gasteiger charge is -2.15. The van der Waals surface area contributed by atoms with Crippen LogP contribution in [0.4, 0.5) is 5.69 Å². The third-order valence-corrected chi connectivity index (χ3v) is 5.59. The van der Waals surface area contributed by atoms with Gasteiger partial charge in [-0.2, -0.15) is 0 Å². The molecule has 4 nitrogen and oxygen atoms in total. The molecule has 2 aromatic rings. The molecule has 0 radical (unpaired) electrons. The summed E-state index contributed by atoms with van der Waals surface area (Å²) in [6, 6.07) is 14.5. The van der Waals surface area contributed by atoms with Gasteiger partial charge in [0.25, 0.3) is 5.91 Å². The average molecular weight is 398 g/mol. The summed E-state index contributed by atoms with van der Waals surface area (Å²) in [5, 5.41) is 9.32. The molecule has 1 amide bonds. The standard InChI is InChI=1S/C21H19NO3S2/c1-2-3-6-14-9-11-16(12-10-14)22-19(23)18(27-21(22)26)13-15-7-4-5-8-17(15)20(24)25/h4-5,7-13H,2-3,6H2,1H3,(H,24,25)/b18-13-. The number of nitrogens with zero attached hydrogens (tertiary/aromatic N) is 1. The number of carboxylic acid groups (broad SMARTS) is 1. The number of aromatic carboxylic acids is 1. The highest BCUT2D eigenvalue weighted by atomic mass is 32.2. The molecule has 1 heterocycles. The van der Waals surface area contributed by atoms with Gasteiger partial charge in [-0.25, -0.2) is 4.79 Å². The Morgan fingerprint density at radius 1 is 1.19 bits per heavy atom. The fraction of sp³-hybridized carbons (Fsp3) is 0.190. The fourth-order valence-corrected chi connectivity index (χ4v) is 4.13. The second-order valence-electron chi connectivity index (χ2n) is 6.18. The van der Waals surface area contributed by atoms with E-state index in [9.17, 15) is 14.7 Å². The number of carbonyl (C=O) groups is 2. The summed E-state index contributed by atoms with van der Waals surface area (Å²) in [5.41, 5.74) is 2.60. The van der Waals surface area contributed by atoms with Gasteiger partial charge in [0.15, 0.2) is 4.32 Å². The Balaban J connectivity index is 1.86. The fourth-order valence-electron chi connectivity index (χ4n) is 2.84. The summed E-state index contributed by atoms with van der Waals surface area (Å²) in [4.78, 5) is 26.2. The first-order chi connectivity index (χ1) is 13.0. The molecule has 0 atom stereocenters. The molecule has 1 aliphatic heterocycles. The van der Waals surface area contributed by atoms with Gasteiger partial charge in [-0.1, -0.05) is 67.7 Å². The zero-order valence-corrected chi connectivity index (χ0v) is 16.5. The molecule has 0 bridgehead atoms. The van der Waals surface area contributed by atoms with Crippen LogP contribution in [0.25, 0.3) is 6.08 Å². The van der Waals surface area contributed by atoms with E-state index in [2.05, 4.69) is 6.92 Å². The van der Waals surface area contributed by atoms with E-state index in [4.69, 9.17) is 12.2 Å². The van der Waals surface area contributed by atoms with Crippen molar-refractivity contribution in [1.29, 1.82) is 0 Å². The Labute approximate surface area is 167 Å². The number of aryl methyl sites for hydroxylation is 1. The van der Waals surface area contributed by atoms with Gasteiger partial charge in [0.05, 0.1) is 16.2 Å². The topological polar surface area (TPSA) is 57.6 Å². The van der Waals surface area contributed by atoms with Crippen LogP contribution in [0.3, 0.4) is 0 Å². The molecular formula is C21H19NO3S2. The molecule has 6 heteroatoms. The van der Waals surface area contributed by atoms with Gasteiger partial charge in [0, 0.05) is 0 Å². The van der Waals surface area contributed by atoms with Crippen LogP contribution in [0.2, 0.25) is 0 Å². The number of thiocarbonyl (C=S) groups is 1. The van der Waals surface area contributed by atoms with E-state index in [1.54, 1.807) is 24.3 Å². The van der Waals surface area contributed by atoms with Crippen molar-refractivity contribution in [3.8, 4) is 0 Å². The first-order valence-electron chi connectivity index (χ1n) is 8.70. The Morgan fingerprint density at radius 2 is 1.89 bits per heavy atom. The molecule has 1 aliphatic rings. The molecule has 0 aliphatic carbocycles. The van der Waals surface area contributed by atoms with Crippen LogP contribution < -0.4 is 4.90 Å². The minimum atomic E-state index is -1.03. The summed E-state index contributed by atoms with van der Waals surface area (Å²) in [7, 11) is 0. The highest BCUT2D eigenvalue weighted by molar-refractivity contribution is 8.27. The lowest BCUT2D eigenvalue weighted by Crippen LogP contribution is -2.27. The predicted octanol–water partition coefficient (Wildman–Crippen LogP) is 5.13. The van der Waals surface area contributed by atoms with Crippen molar-refractivity contribution in [3.05, 3.63) is 70.1 Å². The average Bonchev–Trinajstić information content (AvgIpc) is 2.94. The van der Waals surface area contributed by atoms with E-state index in [-0.39, 0.29) is 11.5 Å². The first-order valence-corrected chi connectivity index (χ1v) is 9.93. The molecule has 3 rings (SSSR count). The number of benzene rings is 2. The normalized spacial score (nSPS) is 15.6. The van der Waals surface area contributed by atoms with E-state index in [1.807, 2.05) is 24.3 Å². The number of unbranched alkanes of at least 4 members (excludes halogenated alkanes) is 1. The SMILES string of the molecule is CCCCc1ccc(N2C(=O)/C(=C/c3ccccc3C(=O)O)SC2=S)cc1. The van der Waals surface area contributed by atoms with Crippen molar-refractivity contribution in [3.63, 3.8) is 0 Å². The molecule has 1 N–H and O–H groups in total. The van der Waals surface area contributed by atoms with Crippen molar-refractivity contribution >= 4 is 51.9 Å². The number of hydrogen-bond donors (Lipinski definition) is 1. The van der Waals surface area contributed by atoms with Gasteiger partial charge in [-0.15, -0.1) is 0 Å². The predicted molar refractivity (Wildman–Crippen MR) is 114 cm³/mol. The maximum Gasteiger partial charge on any atom is 0.336 e. The molecule has 0 spiro atoms. The Morgan fingerprint density at radius 3 is 2.56 bits per heavy atom. The highest BCUT2D eigenvalue weighted by Crippen LogP contribution is 2.36. The molecule has 0 unspecified atom stereocenters. The largest absolute Gasteiger partial charge is 0.478 e. The molecular weight excluding hydrogens is 378 g/mol. The Kier molecular flexibility index (Phi) is 6.08. The molecule has 0 saturated carbocycles. The van der Waals surface area contributed by atoms with Crippen LogP contribution in [-0.2, 0) is 11.2 Å². The van der Waals surface area contributed by atoms with Crippen LogP contribution >= 0.6 is 24.0 Å². The van der Waals surface area contributed by atoms with E-state index in [0.29, 0.717) is 14.8 Å². The maximum atomic E-state index is 12.9. The van der Waals surface area contributed by atoms with Crippen LogP contribution in [0.1, 0.15) is 41.3 Å². The van der Waals surface area contributed by atoms with Gasteiger partial charge in [-0.05, 0) is 48.2 Å². The molecule has 2 aromatic carbocycles. The summed E-state index contributed by atoms with van der Waals surface area (Å²) in [5.74, 6) is -1.26. The molecule has 27 heavy (non-hydrogen) atoms. The zero-order chi connectivity index (χ0) is 19.4. The number of carboxylic acids is 1. The van der Waals surface area contributed by atoms with Gasteiger partial charge in [-0.3, -0.25) is 9.69 Å². The van der Waals surface area contributed by atoms with Crippen LogP contribution in [0.5, 0.6) is 0 Å². The Hall–Kier alpha value is -2.44. The summed E-state index contributed by atoms with van der Waals surface area (Å²) >= 11 is 6.58. The first kappa shape index (κ1) is 19.3. The molecule has 138 valence electrons. The number of thioether (sulfide) groups is 1. The third kappa shape index (κ3) is 4.28. The van der Waals surface area contributed by atoms with E-state index in [0.717, 1.165) is 24.9 Å². The second kappa shape index (κ2) is 8.50. The lowest BCUT2D eigenvalue weighted by atomic mass is 10.1. The van der Waals surface area contributed by atoms with Gasteiger partial charge >= 0.3 is 5.97 Å². The van der Waals surface area contributed by atoms with Crippen LogP contribution in [0.15, 0.2) is 53.4 Å². The zero-order valence-electron chi connectivity index (χ0n) is 14.8. The quantitative estimate of drug-likeness (QED) is 0.541. The van der Waals surface area contributed by atoms with E-state index >= 15 is 0 Å². The van der Waals surface area contributed by atoms with Crippen LogP contribution in [0, 0.1) is 0 Å². The molecule has 1 fully saturated rings. The summed E-state index contributed by atoms with van der Waals surface area (Å²) in [6.45, 7) is 2.16. The smallest absolute Gasteiger partial charge is 0.336 e. The van der Waals surface area contributed by atoms with Crippen molar-refractivity contribution in [2.24, 2.45) is 0 Å². The van der Waals surface area contributed by atoms with Crippen molar-refractivity contribution in [2.45, 2.75) is 26.2 Å². The number of anilines is 1. The summed E-state index contributed by atoms with van der Waals surface area (Å²) in [6.07, 6.45) is 4.88. The number of carbonyl (C=O) groups excluding carboxylic acids is 1. The maximum absolute atomic E-state index is 12.9. The van der Waals surface area contributed by atoms with Crippen LogP contribution in [-0.4, -0.2) is 21.3 Å². The molecule has 1 saturated heterocycles. The van der Waals surface area contributed by atoms with Gasteiger partial charge in [0.1, 0.15) is 0 Å². The van der Waals surface area contributed by atoms with Crippen molar-refractivity contribution < 1.29 is 14.7 Å². The van der Waals surface area contributed by atoms with Crippen molar-refractivity contribution in [1.82, 2.24) is 0 Å². The van der Waals surface area contributed by atoms with Gasteiger partial charge in [0.2, 0.25) is 0 Å². The van der Waals surface area contributed by atoms with E-state index in [1.165, 1.54) is 28.3 Å². The summed E-state index contributed by atoms with van der Waals surface area (Å²) < 4.78 is 0.445. The monoisotopic (exact) mass is 397 g/mol. The van der Waals surface area contributed by atoms with E-state index < -0.39 is 5.97 Å². The Bertz CT molecular complexity index is 919. The second-order valence-corrected chi connectivity index (χ2v) is 7.86. The van der Waals surface area contributed by atoms with Crippen molar-refractivity contribution in [2.75, 3.05) is 4.90 Å². The highest BCUT2D eigenvalue weighted by Gasteiger charge is 2.33. The third-order valence-electron chi connectivity index (χ3n) is 4.29. The minimum absolute atomic E-state index is 0.156. The number of rotatable bonds is 6.